The van der Waals surface area contributed by atoms with Crippen molar-refractivity contribution in [2.24, 2.45) is 0 Å². The zero-order chi connectivity index (χ0) is 24.3. The zero-order valence-electron chi connectivity index (χ0n) is 19.5. The Morgan fingerprint density at radius 1 is 0.857 bits per heavy atom. The number of nitrogens with one attached hydrogen (secondary N) is 1. The van der Waals surface area contributed by atoms with E-state index in [1.54, 1.807) is 0 Å². The van der Waals surface area contributed by atoms with Crippen molar-refractivity contribution in [2.45, 2.75) is 31.8 Å². The number of para-hydroxylation sites is 1. The van der Waals surface area contributed by atoms with Crippen molar-refractivity contribution < 1.29 is 9.53 Å². The van der Waals surface area contributed by atoms with E-state index in [1.807, 2.05) is 78.9 Å². The van der Waals surface area contributed by atoms with E-state index >= 15 is 0 Å². The first-order valence-electron chi connectivity index (χ1n) is 11.8. The number of carbonyl (C=O) groups is 1. The first-order chi connectivity index (χ1) is 17.2. The summed E-state index contributed by atoms with van der Waals surface area (Å²) < 4.78 is 6.94. The van der Waals surface area contributed by atoms with Crippen molar-refractivity contribution in [3.63, 3.8) is 0 Å². The lowest BCUT2D eigenvalue weighted by molar-refractivity contribution is 0.0926. The molecule has 0 saturated heterocycles. The molecular weight excluding hydrogens is 438 g/mol. The standard InChI is InChI=1S/C29H29N3O3/c33-28-20-19-27(31-32(28)21-22-35-25-16-8-3-9-17-25)29(34)30-26(24-14-6-2-7-15-24)18-10-13-23-11-4-1-5-12-23/h1-9,11-12,14-17,19-20,26H,10,13,18,21-22H2,(H,30,34). The van der Waals surface area contributed by atoms with Crippen molar-refractivity contribution in [1.29, 1.82) is 0 Å². The van der Waals surface area contributed by atoms with E-state index < -0.39 is 0 Å². The zero-order valence-corrected chi connectivity index (χ0v) is 19.5. The Hall–Kier alpha value is -4.19. The maximum Gasteiger partial charge on any atom is 0.272 e. The van der Waals surface area contributed by atoms with Crippen LogP contribution in [0.3, 0.4) is 0 Å². The predicted octanol–water partition coefficient (Wildman–Crippen LogP) is 4.82. The first kappa shape index (κ1) is 24.0. The molecule has 1 unspecified atom stereocenters. The Labute approximate surface area is 205 Å². The second kappa shape index (κ2) is 12.3. The molecule has 1 amide bonds. The molecule has 0 saturated carbocycles. The van der Waals surface area contributed by atoms with Gasteiger partial charge in [0.15, 0.2) is 0 Å². The number of benzene rings is 3. The number of aryl methyl sites for hydroxylation is 1. The maximum absolute atomic E-state index is 13.1. The van der Waals surface area contributed by atoms with Gasteiger partial charge in [-0.25, -0.2) is 4.68 Å². The SMILES string of the molecule is O=C(NC(CCCc1ccccc1)c1ccccc1)c1ccc(=O)n(CCOc2ccccc2)n1. The van der Waals surface area contributed by atoms with Crippen LogP contribution in [-0.2, 0) is 13.0 Å². The summed E-state index contributed by atoms with van der Waals surface area (Å²) in [5.74, 6) is 0.409. The van der Waals surface area contributed by atoms with Gasteiger partial charge in [0.05, 0.1) is 12.6 Å². The van der Waals surface area contributed by atoms with E-state index in [0.29, 0.717) is 0 Å². The third kappa shape index (κ3) is 7.14. The van der Waals surface area contributed by atoms with Gasteiger partial charge in [-0.15, -0.1) is 0 Å². The monoisotopic (exact) mass is 467 g/mol. The number of rotatable bonds is 11. The lowest BCUT2D eigenvalue weighted by Gasteiger charge is -2.19. The Morgan fingerprint density at radius 3 is 2.23 bits per heavy atom. The summed E-state index contributed by atoms with van der Waals surface area (Å²) in [7, 11) is 0. The molecule has 4 rings (SSSR count). The second-order valence-electron chi connectivity index (χ2n) is 8.26. The summed E-state index contributed by atoms with van der Waals surface area (Å²) in [6.07, 6.45) is 2.65. The number of aromatic nitrogens is 2. The molecule has 0 fully saturated rings. The molecule has 1 heterocycles. The maximum atomic E-state index is 13.1. The van der Waals surface area contributed by atoms with Gasteiger partial charge in [0.1, 0.15) is 18.1 Å². The topological polar surface area (TPSA) is 73.2 Å². The molecule has 3 aromatic carbocycles. The van der Waals surface area contributed by atoms with Gasteiger partial charge in [0, 0.05) is 6.07 Å². The smallest absolute Gasteiger partial charge is 0.272 e. The third-order valence-electron chi connectivity index (χ3n) is 5.72. The van der Waals surface area contributed by atoms with Crippen LogP contribution in [0.4, 0.5) is 0 Å². The highest BCUT2D eigenvalue weighted by Crippen LogP contribution is 2.20. The van der Waals surface area contributed by atoms with Crippen molar-refractivity contribution in [2.75, 3.05) is 6.61 Å². The van der Waals surface area contributed by atoms with Crippen LogP contribution in [0.5, 0.6) is 5.75 Å². The van der Waals surface area contributed by atoms with Gasteiger partial charge in [-0.05, 0) is 48.6 Å². The summed E-state index contributed by atoms with van der Waals surface area (Å²) in [6, 6.07) is 32.3. The summed E-state index contributed by atoms with van der Waals surface area (Å²) in [5, 5.41) is 7.41. The van der Waals surface area contributed by atoms with Gasteiger partial charge in [0.25, 0.3) is 11.5 Å². The van der Waals surface area contributed by atoms with Crippen LogP contribution in [-0.4, -0.2) is 22.3 Å². The average molecular weight is 468 g/mol. The van der Waals surface area contributed by atoms with Crippen LogP contribution in [0, 0.1) is 0 Å². The van der Waals surface area contributed by atoms with Gasteiger partial charge in [-0.1, -0.05) is 78.9 Å². The van der Waals surface area contributed by atoms with E-state index in [-0.39, 0.29) is 36.4 Å². The molecule has 1 aromatic heterocycles. The van der Waals surface area contributed by atoms with Crippen molar-refractivity contribution in [1.82, 2.24) is 15.1 Å². The number of hydrogen-bond acceptors (Lipinski definition) is 4. The number of ether oxygens (including phenoxy) is 1. The molecule has 1 atom stereocenters. The largest absolute Gasteiger partial charge is 0.492 e. The summed E-state index contributed by atoms with van der Waals surface area (Å²) in [5.41, 5.74) is 2.24. The number of hydrogen-bond donors (Lipinski definition) is 1. The predicted molar refractivity (Wildman–Crippen MR) is 136 cm³/mol. The highest BCUT2D eigenvalue weighted by Gasteiger charge is 2.17. The fourth-order valence-corrected chi connectivity index (χ4v) is 3.89. The van der Waals surface area contributed by atoms with Crippen LogP contribution in [0.2, 0.25) is 0 Å². The van der Waals surface area contributed by atoms with Gasteiger partial charge >= 0.3 is 0 Å². The van der Waals surface area contributed by atoms with Crippen LogP contribution < -0.4 is 15.6 Å². The first-order valence-corrected chi connectivity index (χ1v) is 11.8. The summed E-state index contributed by atoms with van der Waals surface area (Å²) in [4.78, 5) is 25.4. The number of amides is 1. The molecule has 6 nitrogen and oxygen atoms in total. The van der Waals surface area contributed by atoms with Crippen LogP contribution in [0.1, 0.15) is 40.5 Å². The van der Waals surface area contributed by atoms with Crippen LogP contribution >= 0.6 is 0 Å². The van der Waals surface area contributed by atoms with Crippen molar-refractivity contribution >= 4 is 5.91 Å². The average Bonchev–Trinajstić information content (AvgIpc) is 2.91. The van der Waals surface area contributed by atoms with Crippen LogP contribution in [0.25, 0.3) is 0 Å². The van der Waals surface area contributed by atoms with Gasteiger partial charge in [0.2, 0.25) is 0 Å². The van der Waals surface area contributed by atoms with Gasteiger partial charge in [-0.3, -0.25) is 9.59 Å². The highest BCUT2D eigenvalue weighted by molar-refractivity contribution is 5.92. The molecule has 35 heavy (non-hydrogen) atoms. The van der Waals surface area contributed by atoms with E-state index in [1.165, 1.54) is 22.4 Å². The molecule has 178 valence electrons. The van der Waals surface area contributed by atoms with Gasteiger partial charge < -0.3 is 10.1 Å². The van der Waals surface area contributed by atoms with E-state index in [2.05, 4.69) is 22.5 Å². The van der Waals surface area contributed by atoms with E-state index in [0.717, 1.165) is 30.6 Å². The summed E-state index contributed by atoms with van der Waals surface area (Å²) >= 11 is 0. The molecule has 6 heteroatoms. The third-order valence-corrected chi connectivity index (χ3v) is 5.72. The molecule has 0 aliphatic carbocycles. The molecule has 4 aromatic rings. The molecule has 0 spiro atoms. The fourth-order valence-electron chi connectivity index (χ4n) is 3.89. The van der Waals surface area contributed by atoms with Crippen molar-refractivity contribution in [3.05, 3.63) is 130 Å². The Kier molecular flexibility index (Phi) is 8.43. The Bertz CT molecular complexity index is 1260. The number of nitrogens with zero attached hydrogens (tertiary/aromatic N) is 2. The minimum Gasteiger partial charge on any atom is -0.492 e. The molecule has 0 radical (unpaired) electrons. The molecule has 0 aliphatic rings. The Balaban J connectivity index is 1.41. The summed E-state index contributed by atoms with van der Waals surface area (Å²) in [6.45, 7) is 0.516. The fraction of sp³-hybridized carbons (Fsp3) is 0.207. The highest BCUT2D eigenvalue weighted by atomic mass is 16.5. The number of carbonyl (C=O) groups excluding carboxylic acids is 1. The molecule has 1 N–H and O–H groups in total. The Morgan fingerprint density at radius 2 is 1.51 bits per heavy atom. The molecular formula is C29H29N3O3. The quantitative estimate of drug-likeness (QED) is 0.343. The lowest BCUT2D eigenvalue weighted by Crippen LogP contribution is -2.33. The second-order valence-corrected chi connectivity index (χ2v) is 8.26. The van der Waals surface area contributed by atoms with E-state index in [4.69, 9.17) is 4.74 Å². The van der Waals surface area contributed by atoms with Gasteiger partial charge in [-0.2, -0.15) is 5.10 Å². The minimum atomic E-state index is -0.309. The van der Waals surface area contributed by atoms with Crippen LogP contribution in [0.15, 0.2) is 108 Å². The van der Waals surface area contributed by atoms with Crippen molar-refractivity contribution in [3.8, 4) is 5.75 Å². The molecule has 0 bridgehead atoms. The lowest BCUT2D eigenvalue weighted by atomic mass is 9.99. The molecule has 0 aliphatic heterocycles. The van der Waals surface area contributed by atoms with E-state index in [9.17, 15) is 9.59 Å². The minimum absolute atomic E-state index is 0.156. The normalized spacial score (nSPS) is 11.5.